The third-order valence-electron chi connectivity index (χ3n) is 4.67. The van der Waals surface area contributed by atoms with Crippen molar-refractivity contribution in [3.8, 4) is 0 Å². The number of hydrogen-bond acceptors (Lipinski definition) is 3. The lowest BCUT2D eigenvalue weighted by atomic mass is 10.1. The van der Waals surface area contributed by atoms with Gasteiger partial charge in [0.15, 0.2) is 0 Å². The number of carbonyl (C=O) groups is 3. The first-order valence-corrected chi connectivity index (χ1v) is 8.92. The number of anilines is 1. The van der Waals surface area contributed by atoms with Crippen molar-refractivity contribution in [1.29, 1.82) is 0 Å². The van der Waals surface area contributed by atoms with Gasteiger partial charge in [-0.3, -0.25) is 14.4 Å². The van der Waals surface area contributed by atoms with E-state index in [1.165, 1.54) is 4.90 Å². The van der Waals surface area contributed by atoms with E-state index in [-0.39, 0.29) is 23.6 Å². The lowest BCUT2D eigenvalue weighted by Gasteiger charge is -2.16. The standard InChI is InChI=1S/C21H23N3O3/c1-23(2)20(26)16-8-10-18(11-9-16)22-19(25)17-12-13-24(14-17)21(27)15-6-4-3-5-7-15/h3-11,17H,12-14H2,1-2H3,(H,22,25). The van der Waals surface area contributed by atoms with E-state index in [1.807, 2.05) is 18.2 Å². The molecule has 1 N–H and O–H groups in total. The Morgan fingerprint density at radius 3 is 2.26 bits per heavy atom. The van der Waals surface area contributed by atoms with E-state index in [0.29, 0.717) is 36.3 Å². The fourth-order valence-corrected chi connectivity index (χ4v) is 3.12. The molecule has 0 radical (unpaired) electrons. The van der Waals surface area contributed by atoms with Crippen LogP contribution in [0.5, 0.6) is 0 Å². The zero-order valence-corrected chi connectivity index (χ0v) is 15.5. The largest absolute Gasteiger partial charge is 0.345 e. The van der Waals surface area contributed by atoms with Gasteiger partial charge in [-0.15, -0.1) is 0 Å². The van der Waals surface area contributed by atoms with Gasteiger partial charge in [-0.05, 0) is 42.8 Å². The molecule has 0 aliphatic carbocycles. The molecule has 0 spiro atoms. The Labute approximate surface area is 158 Å². The highest BCUT2D eigenvalue weighted by Gasteiger charge is 2.31. The second-order valence-electron chi connectivity index (χ2n) is 6.87. The Morgan fingerprint density at radius 2 is 1.63 bits per heavy atom. The van der Waals surface area contributed by atoms with Crippen LogP contribution in [-0.4, -0.2) is 54.7 Å². The molecule has 1 atom stereocenters. The lowest BCUT2D eigenvalue weighted by molar-refractivity contribution is -0.119. The molecule has 1 unspecified atom stereocenters. The second kappa shape index (κ2) is 8.03. The van der Waals surface area contributed by atoms with Gasteiger partial charge >= 0.3 is 0 Å². The molecule has 1 fully saturated rings. The first-order valence-electron chi connectivity index (χ1n) is 8.92. The molecule has 27 heavy (non-hydrogen) atoms. The van der Waals surface area contributed by atoms with Gasteiger partial charge in [0.05, 0.1) is 5.92 Å². The Kier molecular flexibility index (Phi) is 5.54. The van der Waals surface area contributed by atoms with Gasteiger partial charge in [-0.1, -0.05) is 18.2 Å². The smallest absolute Gasteiger partial charge is 0.253 e. The predicted molar refractivity (Wildman–Crippen MR) is 104 cm³/mol. The highest BCUT2D eigenvalue weighted by atomic mass is 16.2. The summed E-state index contributed by atoms with van der Waals surface area (Å²) in [5, 5.41) is 2.88. The van der Waals surface area contributed by atoms with Crippen LogP contribution in [0.15, 0.2) is 54.6 Å². The van der Waals surface area contributed by atoms with Crippen LogP contribution in [0.3, 0.4) is 0 Å². The maximum Gasteiger partial charge on any atom is 0.253 e. The molecule has 140 valence electrons. The average molecular weight is 365 g/mol. The molecule has 2 aromatic rings. The average Bonchev–Trinajstić information content (AvgIpc) is 3.18. The second-order valence-corrected chi connectivity index (χ2v) is 6.87. The quantitative estimate of drug-likeness (QED) is 0.905. The van der Waals surface area contributed by atoms with Gasteiger partial charge in [0.2, 0.25) is 5.91 Å². The molecule has 1 saturated heterocycles. The number of benzene rings is 2. The summed E-state index contributed by atoms with van der Waals surface area (Å²) < 4.78 is 0. The van der Waals surface area contributed by atoms with Crippen molar-refractivity contribution in [2.24, 2.45) is 5.92 Å². The van der Waals surface area contributed by atoms with Gasteiger partial charge in [-0.2, -0.15) is 0 Å². The van der Waals surface area contributed by atoms with Crippen LogP contribution in [0.1, 0.15) is 27.1 Å². The Hall–Kier alpha value is -3.15. The molecular weight excluding hydrogens is 342 g/mol. The molecule has 2 aromatic carbocycles. The summed E-state index contributed by atoms with van der Waals surface area (Å²) in [6, 6.07) is 15.9. The highest BCUT2D eigenvalue weighted by Crippen LogP contribution is 2.21. The normalized spacial score (nSPS) is 16.1. The van der Waals surface area contributed by atoms with Crippen molar-refractivity contribution in [2.75, 3.05) is 32.5 Å². The van der Waals surface area contributed by atoms with E-state index in [2.05, 4.69) is 5.32 Å². The number of carbonyl (C=O) groups excluding carboxylic acids is 3. The van der Waals surface area contributed by atoms with Crippen LogP contribution < -0.4 is 5.32 Å². The molecule has 0 aromatic heterocycles. The van der Waals surface area contributed by atoms with E-state index in [1.54, 1.807) is 55.4 Å². The van der Waals surface area contributed by atoms with Gasteiger partial charge in [0.1, 0.15) is 0 Å². The van der Waals surface area contributed by atoms with Crippen molar-refractivity contribution in [3.63, 3.8) is 0 Å². The third-order valence-corrected chi connectivity index (χ3v) is 4.67. The number of amides is 3. The van der Waals surface area contributed by atoms with Crippen molar-refractivity contribution in [1.82, 2.24) is 9.80 Å². The number of nitrogens with zero attached hydrogens (tertiary/aromatic N) is 2. The minimum absolute atomic E-state index is 0.0440. The molecule has 1 aliphatic rings. The molecule has 3 rings (SSSR count). The van der Waals surface area contributed by atoms with Crippen molar-refractivity contribution < 1.29 is 14.4 Å². The van der Waals surface area contributed by atoms with E-state index < -0.39 is 0 Å². The molecule has 6 nitrogen and oxygen atoms in total. The molecule has 3 amide bonds. The number of likely N-dealkylation sites (tertiary alicyclic amines) is 1. The van der Waals surface area contributed by atoms with Gasteiger partial charge in [-0.25, -0.2) is 0 Å². The molecule has 1 heterocycles. The summed E-state index contributed by atoms with van der Waals surface area (Å²) in [6.45, 7) is 0.985. The summed E-state index contributed by atoms with van der Waals surface area (Å²) >= 11 is 0. The van der Waals surface area contributed by atoms with Crippen molar-refractivity contribution in [3.05, 3.63) is 65.7 Å². The van der Waals surface area contributed by atoms with Crippen LogP contribution >= 0.6 is 0 Å². The van der Waals surface area contributed by atoms with E-state index in [0.717, 1.165) is 0 Å². The van der Waals surface area contributed by atoms with E-state index in [4.69, 9.17) is 0 Å². The summed E-state index contributed by atoms with van der Waals surface area (Å²) in [5.41, 5.74) is 1.85. The third kappa shape index (κ3) is 4.34. The maximum absolute atomic E-state index is 12.5. The summed E-state index contributed by atoms with van der Waals surface area (Å²) in [5.74, 6) is -0.470. The molecule has 6 heteroatoms. The molecule has 0 bridgehead atoms. The van der Waals surface area contributed by atoms with Gasteiger partial charge < -0.3 is 15.1 Å². The fraction of sp³-hybridized carbons (Fsp3) is 0.286. The summed E-state index contributed by atoms with van der Waals surface area (Å²) in [7, 11) is 3.39. The Morgan fingerprint density at radius 1 is 0.963 bits per heavy atom. The minimum Gasteiger partial charge on any atom is -0.345 e. The Bertz CT molecular complexity index is 832. The topological polar surface area (TPSA) is 69.7 Å². The zero-order chi connectivity index (χ0) is 19.4. The highest BCUT2D eigenvalue weighted by molar-refractivity contribution is 5.97. The number of rotatable bonds is 4. The molecular formula is C21H23N3O3. The summed E-state index contributed by atoms with van der Waals surface area (Å²) in [4.78, 5) is 40.1. The van der Waals surface area contributed by atoms with Crippen LogP contribution in [0.25, 0.3) is 0 Å². The van der Waals surface area contributed by atoms with Crippen LogP contribution in [-0.2, 0) is 4.79 Å². The van der Waals surface area contributed by atoms with Crippen LogP contribution in [0.4, 0.5) is 5.69 Å². The SMILES string of the molecule is CN(C)C(=O)c1ccc(NC(=O)C2CCN(C(=O)c3ccccc3)C2)cc1. The van der Waals surface area contributed by atoms with Gasteiger partial charge in [0, 0.05) is 44.0 Å². The fourth-order valence-electron chi connectivity index (χ4n) is 3.12. The van der Waals surface area contributed by atoms with E-state index in [9.17, 15) is 14.4 Å². The van der Waals surface area contributed by atoms with Gasteiger partial charge in [0.25, 0.3) is 11.8 Å². The lowest BCUT2D eigenvalue weighted by Crippen LogP contribution is -2.31. The first kappa shape index (κ1) is 18.6. The zero-order valence-electron chi connectivity index (χ0n) is 15.5. The van der Waals surface area contributed by atoms with Crippen molar-refractivity contribution in [2.45, 2.75) is 6.42 Å². The Balaban J connectivity index is 1.58. The van der Waals surface area contributed by atoms with Crippen LogP contribution in [0.2, 0.25) is 0 Å². The first-order chi connectivity index (χ1) is 13.0. The number of hydrogen-bond donors (Lipinski definition) is 1. The maximum atomic E-state index is 12.5. The molecule has 0 saturated carbocycles. The van der Waals surface area contributed by atoms with Crippen molar-refractivity contribution >= 4 is 23.4 Å². The molecule has 1 aliphatic heterocycles. The van der Waals surface area contributed by atoms with Crippen LogP contribution in [0, 0.1) is 5.92 Å². The monoisotopic (exact) mass is 365 g/mol. The predicted octanol–water partition coefficient (Wildman–Crippen LogP) is 2.49. The number of nitrogens with one attached hydrogen (secondary N) is 1. The summed E-state index contributed by atoms with van der Waals surface area (Å²) in [6.07, 6.45) is 0.640. The minimum atomic E-state index is -0.235. The van der Waals surface area contributed by atoms with E-state index >= 15 is 0 Å².